The quantitative estimate of drug-likeness (QED) is 0.559. The van der Waals surface area contributed by atoms with E-state index in [2.05, 4.69) is 55.1 Å². The van der Waals surface area contributed by atoms with E-state index in [1.165, 1.54) is 11.1 Å². The minimum Gasteiger partial charge on any atom is -0.483 e. The van der Waals surface area contributed by atoms with Crippen LogP contribution < -0.4 is 0 Å². The molecule has 0 spiro atoms. The van der Waals surface area contributed by atoms with Crippen LogP contribution in [0, 0.1) is 0 Å². The predicted octanol–water partition coefficient (Wildman–Crippen LogP) is 4.74. The van der Waals surface area contributed by atoms with Crippen molar-refractivity contribution in [2.45, 2.75) is 12.3 Å². The van der Waals surface area contributed by atoms with Gasteiger partial charge >= 0.3 is 0 Å². The lowest BCUT2D eigenvalue weighted by Crippen LogP contribution is -2.10. The van der Waals surface area contributed by atoms with Crippen LogP contribution in [0.1, 0.15) is 23.5 Å². The van der Waals surface area contributed by atoms with Gasteiger partial charge < -0.3 is 4.74 Å². The highest BCUT2D eigenvalue weighted by atomic mass is 32.1. The van der Waals surface area contributed by atoms with Crippen molar-refractivity contribution < 1.29 is 4.74 Å². The first-order valence-electron chi connectivity index (χ1n) is 6.67. The van der Waals surface area contributed by atoms with E-state index in [9.17, 15) is 0 Å². The molecule has 102 valence electrons. The maximum atomic E-state index is 5.48. The van der Waals surface area contributed by atoms with Gasteiger partial charge in [0.15, 0.2) is 5.05 Å². The third-order valence-electron chi connectivity index (χ3n) is 3.14. The Bertz CT molecular complexity index is 509. The van der Waals surface area contributed by atoms with E-state index in [-0.39, 0.29) is 5.92 Å². The molecule has 2 heteroatoms. The average molecular weight is 282 g/mol. The SMILES string of the molecule is C=CCOC(=S)CC(c1ccccc1)c1ccccc1. The summed E-state index contributed by atoms with van der Waals surface area (Å²) in [6, 6.07) is 20.8. The molecule has 0 aliphatic rings. The molecule has 0 atom stereocenters. The minimum absolute atomic E-state index is 0.231. The summed E-state index contributed by atoms with van der Waals surface area (Å²) in [7, 11) is 0. The molecule has 0 heterocycles. The van der Waals surface area contributed by atoms with Crippen LogP contribution in [0.4, 0.5) is 0 Å². The normalized spacial score (nSPS) is 10.2. The molecule has 0 radical (unpaired) electrons. The molecule has 0 aliphatic heterocycles. The summed E-state index contributed by atoms with van der Waals surface area (Å²) in [5.41, 5.74) is 2.51. The largest absolute Gasteiger partial charge is 0.483 e. The molecule has 2 rings (SSSR count). The van der Waals surface area contributed by atoms with Crippen LogP contribution in [0.3, 0.4) is 0 Å². The summed E-state index contributed by atoms with van der Waals surface area (Å²) >= 11 is 5.33. The lowest BCUT2D eigenvalue weighted by atomic mass is 9.89. The second-order valence-electron chi connectivity index (χ2n) is 4.55. The molecule has 0 fully saturated rings. The Labute approximate surface area is 125 Å². The highest BCUT2D eigenvalue weighted by molar-refractivity contribution is 7.80. The standard InChI is InChI=1S/C18H18OS/c1-2-13-19-18(20)14-17(15-9-5-3-6-10-15)16-11-7-4-8-12-16/h2-12,17H,1,13-14H2. The zero-order valence-corrected chi connectivity index (χ0v) is 12.2. The molecule has 2 aromatic rings. The molecule has 1 nitrogen and oxygen atoms in total. The number of hydrogen-bond donors (Lipinski definition) is 0. The Morgan fingerprint density at radius 2 is 1.50 bits per heavy atom. The van der Waals surface area contributed by atoms with Gasteiger partial charge in [0.25, 0.3) is 0 Å². The first-order valence-corrected chi connectivity index (χ1v) is 7.08. The average Bonchev–Trinajstić information content (AvgIpc) is 2.52. The fourth-order valence-electron chi connectivity index (χ4n) is 2.18. The van der Waals surface area contributed by atoms with E-state index >= 15 is 0 Å². The van der Waals surface area contributed by atoms with Crippen molar-refractivity contribution in [3.05, 3.63) is 84.4 Å². The Kier molecular flexibility index (Phi) is 5.51. The van der Waals surface area contributed by atoms with Gasteiger partial charge in [0.2, 0.25) is 0 Å². The van der Waals surface area contributed by atoms with Gasteiger partial charge in [-0.3, -0.25) is 0 Å². The zero-order chi connectivity index (χ0) is 14.2. The van der Waals surface area contributed by atoms with Crippen molar-refractivity contribution in [1.82, 2.24) is 0 Å². The fourth-order valence-corrected chi connectivity index (χ4v) is 2.41. The number of ether oxygens (including phenoxy) is 1. The molecular weight excluding hydrogens is 264 g/mol. The third-order valence-corrected chi connectivity index (χ3v) is 3.42. The van der Waals surface area contributed by atoms with Crippen LogP contribution in [0.25, 0.3) is 0 Å². The van der Waals surface area contributed by atoms with E-state index < -0.39 is 0 Å². The number of rotatable bonds is 6. The molecule has 0 saturated carbocycles. The van der Waals surface area contributed by atoms with Crippen molar-refractivity contribution in [1.29, 1.82) is 0 Å². The van der Waals surface area contributed by atoms with Crippen LogP contribution in [-0.4, -0.2) is 11.7 Å². The molecule has 0 N–H and O–H groups in total. The lowest BCUT2D eigenvalue weighted by Gasteiger charge is -2.18. The van der Waals surface area contributed by atoms with Crippen LogP contribution in [0.15, 0.2) is 73.3 Å². The molecule has 20 heavy (non-hydrogen) atoms. The first-order chi connectivity index (χ1) is 9.81. The Morgan fingerprint density at radius 3 is 1.95 bits per heavy atom. The summed E-state index contributed by atoms with van der Waals surface area (Å²) in [6.07, 6.45) is 2.42. The van der Waals surface area contributed by atoms with Crippen LogP contribution in [0.5, 0.6) is 0 Å². The maximum absolute atomic E-state index is 5.48. The lowest BCUT2D eigenvalue weighted by molar-refractivity contribution is 0.348. The summed E-state index contributed by atoms with van der Waals surface area (Å²) in [6.45, 7) is 4.11. The molecule has 0 bridgehead atoms. The Morgan fingerprint density at radius 1 is 1.00 bits per heavy atom. The van der Waals surface area contributed by atoms with Gasteiger partial charge in [-0.15, -0.1) is 0 Å². The second-order valence-corrected chi connectivity index (χ2v) is 5.01. The van der Waals surface area contributed by atoms with Crippen LogP contribution >= 0.6 is 12.2 Å². The predicted molar refractivity (Wildman–Crippen MR) is 88.1 cm³/mol. The Hall–Kier alpha value is -1.93. The van der Waals surface area contributed by atoms with Crippen molar-refractivity contribution in [3.8, 4) is 0 Å². The van der Waals surface area contributed by atoms with Gasteiger partial charge in [-0.05, 0) is 23.3 Å². The Balaban J connectivity index is 2.21. The van der Waals surface area contributed by atoms with Gasteiger partial charge in [0.05, 0.1) is 0 Å². The summed E-state index contributed by atoms with van der Waals surface area (Å²) in [5, 5.41) is 0.627. The van der Waals surface area contributed by atoms with Gasteiger partial charge in [0, 0.05) is 12.3 Å². The highest BCUT2D eigenvalue weighted by Gasteiger charge is 2.16. The molecular formula is C18H18OS. The number of benzene rings is 2. The molecule has 0 amide bonds. The van der Waals surface area contributed by atoms with Crippen LogP contribution in [0.2, 0.25) is 0 Å². The van der Waals surface area contributed by atoms with Crippen molar-refractivity contribution >= 4 is 17.3 Å². The topological polar surface area (TPSA) is 9.23 Å². The highest BCUT2D eigenvalue weighted by Crippen LogP contribution is 2.28. The summed E-state index contributed by atoms with van der Waals surface area (Å²) < 4.78 is 5.48. The first kappa shape index (κ1) is 14.5. The molecule has 0 aliphatic carbocycles. The van der Waals surface area contributed by atoms with E-state index in [0.29, 0.717) is 18.1 Å². The maximum Gasteiger partial charge on any atom is 0.161 e. The van der Waals surface area contributed by atoms with E-state index in [1.54, 1.807) is 6.08 Å². The van der Waals surface area contributed by atoms with Gasteiger partial charge in [-0.1, -0.05) is 73.3 Å². The van der Waals surface area contributed by atoms with Gasteiger partial charge in [-0.2, -0.15) is 0 Å². The van der Waals surface area contributed by atoms with E-state index in [1.807, 2.05) is 12.1 Å². The van der Waals surface area contributed by atoms with E-state index in [0.717, 1.165) is 0 Å². The van der Waals surface area contributed by atoms with Gasteiger partial charge in [0.1, 0.15) is 6.61 Å². The molecule has 2 aromatic carbocycles. The molecule has 0 saturated heterocycles. The third kappa shape index (κ3) is 4.04. The summed E-state index contributed by atoms with van der Waals surface area (Å²) in [4.78, 5) is 0. The zero-order valence-electron chi connectivity index (χ0n) is 11.4. The fraction of sp³-hybridized carbons (Fsp3) is 0.167. The number of thiocarbonyl (C=S) groups is 1. The van der Waals surface area contributed by atoms with Crippen molar-refractivity contribution in [2.75, 3.05) is 6.61 Å². The van der Waals surface area contributed by atoms with Gasteiger partial charge in [-0.25, -0.2) is 0 Å². The van der Waals surface area contributed by atoms with Crippen LogP contribution in [-0.2, 0) is 4.74 Å². The molecule has 0 aromatic heterocycles. The van der Waals surface area contributed by atoms with E-state index in [4.69, 9.17) is 17.0 Å². The molecule has 0 unspecified atom stereocenters. The van der Waals surface area contributed by atoms with Crippen molar-refractivity contribution in [2.24, 2.45) is 0 Å². The van der Waals surface area contributed by atoms with Crippen molar-refractivity contribution in [3.63, 3.8) is 0 Å². The smallest absolute Gasteiger partial charge is 0.161 e. The minimum atomic E-state index is 0.231. The summed E-state index contributed by atoms with van der Waals surface area (Å²) in [5.74, 6) is 0.231. The number of hydrogen-bond acceptors (Lipinski definition) is 2. The second kappa shape index (κ2) is 7.61. The monoisotopic (exact) mass is 282 g/mol.